The van der Waals surface area contributed by atoms with Gasteiger partial charge in [0.2, 0.25) is 5.75 Å². The molecule has 74 valence electrons. The molecule has 1 aromatic carbocycles. The van der Waals surface area contributed by atoms with Crippen LogP contribution in [0.25, 0.3) is 0 Å². The second kappa shape index (κ2) is 3.24. The monoisotopic (exact) mass is 257 g/mol. The van der Waals surface area contributed by atoms with E-state index in [9.17, 15) is 10.1 Å². The molecule has 4 nitrogen and oxygen atoms in total. The first-order valence-corrected chi connectivity index (χ1v) is 4.99. The summed E-state index contributed by atoms with van der Waals surface area (Å²) >= 11 is 3.38. The van der Waals surface area contributed by atoms with E-state index in [1.54, 1.807) is 13.0 Å². The van der Waals surface area contributed by atoms with E-state index in [0.29, 0.717) is 17.9 Å². The van der Waals surface area contributed by atoms with E-state index in [2.05, 4.69) is 15.9 Å². The molecule has 2 rings (SSSR count). The molecule has 0 aromatic heterocycles. The minimum absolute atomic E-state index is 0.0979. The van der Waals surface area contributed by atoms with Crippen molar-refractivity contribution >= 4 is 21.6 Å². The summed E-state index contributed by atoms with van der Waals surface area (Å²) in [5, 5.41) is 10.8. The maximum absolute atomic E-state index is 10.8. The van der Waals surface area contributed by atoms with Gasteiger partial charge < -0.3 is 4.74 Å². The van der Waals surface area contributed by atoms with Gasteiger partial charge in [0.15, 0.2) is 0 Å². The number of hydrogen-bond acceptors (Lipinski definition) is 3. The Labute approximate surface area is 89.2 Å². The molecule has 0 fully saturated rings. The number of fused-ring (bicyclic) bond motifs is 1. The zero-order valence-electron chi connectivity index (χ0n) is 7.54. The number of rotatable bonds is 1. The maximum Gasteiger partial charge on any atom is 0.314 e. The van der Waals surface area contributed by atoms with Crippen LogP contribution in [-0.4, -0.2) is 11.5 Å². The van der Waals surface area contributed by atoms with Crippen molar-refractivity contribution in [2.45, 2.75) is 13.3 Å². The lowest BCUT2D eigenvalue weighted by Gasteiger charge is -2.05. The zero-order valence-corrected chi connectivity index (χ0v) is 9.13. The van der Waals surface area contributed by atoms with E-state index < -0.39 is 0 Å². The molecule has 1 aromatic rings. The second-order valence-electron chi connectivity index (χ2n) is 3.19. The highest BCUT2D eigenvalue weighted by atomic mass is 79.9. The Morgan fingerprint density at radius 3 is 3.00 bits per heavy atom. The SMILES string of the molecule is Cc1cc(Br)c2c(c1[N+](=O)[O-])OCC2. The standard InChI is InChI=1S/C9H8BrNO3/c1-5-4-7(10)6-2-3-14-9(6)8(5)11(12)13/h4H,2-3H2,1H3. The molecule has 0 bridgehead atoms. The van der Waals surface area contributed by atoms with E-state index in [0.717, 1.165) is 16.5 Å². The van der Waals surface area contributed by atoms with E-state index in [-0.39, 0.29) is 10.6 Å². The van der Waals surface area contributed by atoms with Crippen molar-refractivity contribution in [1.29, 1.82) is 0 Å². The van der Waals surface area contributed by atoms with Crippen LogP contribution in [-0.2, 0) is 6.42 Å². The Morgan fingerprint density at radius 2 is 2.36 bits per heavy atom. The van der Waals surface area contributed by atoms with Gasteiger partial charge in [-0.1, -0.05) is 15.9 Å². The van der Waals surface area contributed by atoms with Gasteiger partial charge in [0.05, 0.1) is 11.5 Å². The van der Waals surface area contributed by atoms with E-state index in [1.807, 2.05) is 0 Å². The van der Waals surface area contributed by atoms with Crippen molar-refractivity contribution in [3.63, 3.8) is 0 Å². The summed E-state index contributed by atoms with van der Waals surface area (Å²) in [6.07, 6.45) is 0.733. The molecular formula is C9H8BrNO3. The predicted octanol–water partition coefficient (Wildman–Crippen LogP) is 2.60. The van der Waals surface area contributed by atoms with Crippen LogP contribution in [0.15, 0.2) is 10.5 Å². The van der Waals surface area contributed by atoms with Crippen LogP contribution >= 0.6 is 15.9 Å². The Hall–Kier alpha value is -1.10. The third kappa shape index (κ3) is 1.28. The Kier molecular flexibility index (Phi) is 2.19. The van der Waals surface area contributed by atoms with Crippen LogP contribution < -0.4 is 4.74 Å². The van der Waals surface area contributed by atoms with Crippen LogP contribution in [0, 0.1) is 17.0 Å². The number of nitro benzene ring substituents is 1. The minimum atomic E-state index is -0.383. The van der Waals surface area contributed by atoms with Gasteiger partial charge in [-0.15, -0.1) is 0 Å². The topological polar surface area (TPSA) is 52.4 Å². The van der Waals surface area contributed by atoms with Crippen LogP contribution in [0.4, 0.5) is 5.69 Å². The van der Waals surface area contributed by atoms with Gasteiger partial charge >= 0.3 is 5.69 Å². The molecule has 0 N–H and O–H groups in total. The molecule has 5 heteroatoms. The summed E-state index contributed by atoms with van der Waals surface area (Å²) < 4.78 is 6.18. The van der Waals surface area contributed by atoms with Crippen LogP contribution in [0.2, 0.25) is 0 Å². The molecule has 0 aliphatic carbocycles. The average molecular weight is 258 g/mol. The van der Waals surface area contributed by atoms with E-state index in [1.165, 1.54) is 0 Å². The summed E-state index contributed by atoms with van der Waals surface area (Å²) in [6, 6.07) is 1.77. The summed E-state index contributed by atoms with van der Waals surface area (Å²) in [4.78, 5) is 10.4. The summed E-state index contributed by atoms with van der Waals surface area (Å²) in [5.74, 6) is 0.432. The lowest BCUT2D eigenvalue weighted by Crippen LogP contribution is -1.96. The van der Waals surface area contributed by atoms with Crippen molar-refractivity contribution in [1.82, 2.24) is 0 Å². The van der Waals surface area contributed by atoms with Crippen molar-refractivity contribution < 1.29 is 9.66 Å². The van der Waals surface area contributed by atoms with Gasteiger partial charge in [-0.2, -0.15) is 0 Å². The van der Waals surface area contributed by atoms with Crippen molar-refractivity contribution in [2.24, 2.45) is 0 Å². The van der Waals surface area contributed by atoms with Crippen LogP contribution in [0.1, 0.15) is 11.1 Å². The molecule has 0 atom stereocenters. The first kappa shape index (κ1) is 9.45. The minimum Gasteiger partial charge on any atom is -0.486 e. The molecule has 0 saturated carbocycles. The zero-order chi connectivity index (χ0) is 10.3. The first-order valence-electron chi connectivity index (χ1n) is 4.20. The van der Waals surface area contributed by atoms with Crippen LogP contribution in [0.3, 0.4) is 0 Å². The predicted molar refractivity (Wildman–Crippen MR) is 54.7 cm³/mol. The Morgan fingerprint density at radius 1 is 1.64 bits per heavy atom. The third-order valence-electron chi connectivity index (χ3n) is 2.28. The number of nitro groups is 1. The molecule has 0 radical (unpaired) electrons. The maximum atomic E-state index is 10.8. The quantitative estimate of drug-likeness (QED) is 0.574. The van der Waals surface area contributed by atoms with Gasteiger partial charge in [-0.3, -0.25) is 10.1 Å². The van der Waals surface area contributed by atoms with Crippen molar-refractivity contribution in [3.05, 3.63) is 31.8 Å². The lowest BCUT2D eigenvalue weighted by molar-refractivity contribution is -0.386. The van der Waals surface area contributed by atoms with Crippen LogP contribution in [0.5, 0.6) is 5.75 Å². The lowest BCUT2D eigenvalue weighted by atomic mass is 10.1. The molecule has 14 heavy (non-hydrogen) atoms. The molecule has 0 saturated heterocycles. The smallest absolute Gasteiger partial charge is 0.314 e. The number of nitrogens with zero attached hydrogens (tertiary/aromatic N) is 1. The van der Waals surface area contributed by atoms with Gasteiger partial charge in [-0.05, 0) is 13.0 Å². The Bertz CT molecular complexity index is 417. The summed E-state index contributed by atoms with van der Waals surface area (Å²) in [6.45, 7) is 2.24. The molecule has 1 aliphatic rings. The number of aryl methyl sites for hydroxylation is 1. The highest BCUT2D eigenvalue weighted by Crippen LogP contribution is 2.41. The number of hydrogen-bond donors (Lipinski definition) is 0. The highest BCUT2D eigenvalue weighted by Gasteiger charge is 2.28. The van der Waals surface area contributed by atoms with Gasteiger partial charge in [0, 0.05) is 22.0 Å². The fourth-order valence-electron chi connectivity index (χ4n) is 1.65. The highest BCUT2D eigenvalue weighted by molar-refractivity contribution is 9.10. The summed E-state index contributed by atoms with van der Waals surface area (Å²) in [5.41, 5.74) is 1.63. The second-order valence-corrected chi connectivity index (χ2v) is 4.04. The molecule has 1 heterocycles. The summed E-state index contributed by atoms with van der Waals surface area (Å²) in [7, 11) is 0. The number of benzene rings is 1. The average Bonchev–Trinajstić information content (AvgIpc) is 2.51. The number of ether oxygens (including phenoxy) is 1. The first-order chi connectivity index (χ1) is 6.61. The van der Waals surface area contributed by atoms with Gasteiger partial charge in [0.1, 0.15) is 0 Å². The molecule has 0 amide bonds. The Balaban J connectivity index is 2.72. The van der Waals surface area contributed by atoms with Crippen molar-refractivity contribution in [2.75, 3.05) is 6.61 Å². The molecule has 0 spiro atoms. The molecule has 0 unspecified atom stereocenters. The third-order valence-corrected chi connectivity index (χ3v) is 2.98. The molecular weight excluding hydrogens is 250 g/mol. The normalized spacial score (nSPS) is 13.6. The fraction of sp³-hybridized carbons (Fsp3) is 0.333. The van der Waals surface area contributed by atoms with E-state index >= 15 is 0 Å². The van der Waals surface area contributed by atoms with Gasteiger partial charge in [-0.25, -0.2) is 0 Å². The van der Waals surface area contributed by atoms with E-state index in [4.69, 9.17) is 4.74 Å². The van der Waals surface area contributed by atoms with Crippen molar-refractivity contribution in [3.8, 4) is 5.75 Å². The number of halogens is 1. The molecule has 1 aliphatic heterocycles. The van der Waals surface area contributed by atoms with Gasteiger partial charge in [0.25, 0.3) is 0 Å². The largest absolute Gasteiger partial charge is 0.486 e. The fourth-order valence-corrected chi connectivity index (χ4v) is 2.37.